The molecule has 0 spiro atoms. The Bertz CT molecular complexity index is 1370. The first-order valence-corrected chi connectivity index (χ1v) is 9.51. The van der Waals surface area contributed by atoms with E-state index in [0.717, 1.165) is 22.1 Å². The maximum atomic E-state index is 13.0. The Morgan fingerprint density at radius 3 is 2.59 bits per heavy atom. The van der Waals surface area contributed by atoms with E-state index in [9.17, 15) is 4.79 Å². The van der Waals surface area contributed by atoms with Gasteiger partial charge in [0, 0.05) is 0 Å². The van der Waals surface area contributed by atoms with Crippen LogP contribution < -0.4 is 10.3 Å². The summed E-state index contributed by atoms with van der Waals surface area (Å²) in [6.45, 7) is 2.51. The number of para-hydroxylation sites is 1. The van der Waals surface area contributed by atoms with Gasteiger partial charge >= 0.3 is 0 Å². The zero-order valence-corrected chi connectivity index (χ0v) is 15.4. The monoisotopic (exact) mass is 373 g/mol. The molecule has 0 fully saturated rings. The first-order valence-electron chi connectivity index (χ1n) is 8.69. The number of benzene rings is 3. The molecule has 0 saturated heterocycles. The van der Waals surface area contributed by atoms with E-state index < -0.39 is 0 Å². The van der Waals surface area contributed by atoms with Gasteiger partial charge in [0.05, 0.1) is 23.1 Å². The number of hydrogen-bond donors (Lipinski definition) is 0. The van der Waals surface area contributed by atoms with E-state index >= 15 is 0 Å². The molecule has 3 aromatic carbocycles. The zero-order valence-electron chi connectivity index (χ0n) is 14.5. The van der Waals surface area contributed by atoms with Crippen LogP contribution in [0.25, 0.3) is 37.2 Å². The van der Waals surface area contributed by atoms with Crippen LogP contribution in [0.15, 0.2) is 65.5 Å². The van der Waals surface area contributed by atoms with Crippen molar-refractivity contribution in [3.05, 3.63) is 71.0 Å². The van der Waals surface area contributed by atoms with Gasteiger partial charge in [-0.2, -0.15) is 9.61 Å². The average Bonchev–Trinajstić information content (AvgIpc) is 3.12. The van der Waals surface area contributed by atoms with Crippen molar-refractivity contribution in [2.75, 3.05) is 6.61 Å². The highest BCUT2D eigenvalue weighted by Gasteiger charge is 2.15. The highest BCUT2D eigenvalue weighted by atomic mass is 32.1. The Labute approximate surface area is 158 Å². The molecule has 2 aromatic heterocycles. The van der Waals surface area contributed by atoms with E-state index in [2.05, 4.69) is 10.1 Å². The maximum Gasteiger partial charge on any atom is 0.283 e. The van der Waals surface area contributed by atoms with E-state index in [0.29, 0.717) is 27.5 Å². The van der Waals surface area contributed by atoms with Crippen molar-refractivity contribution in [2.24, 2.45) is 0 Å². The van der Waals surface area contributed by atoms with Gasteiger partial charge in [-0.25, -0.2) is 4.98 Å². The number of aromatic nitrogens is 3. The molecule has 0 amide bonds. The fraction of sp³-hybridized carbons (Fsp3) is 0.0952. The van der Waals surface area contributed by atoms with Gasteiger partial charge in [-0.05, 0) is 42.0 Å². The molecule has 5 nitrogen and oxygen atoms in total. The number of ether oxygens (including phenoxy) is 1. The van der Waals surface area contributed by atoms with Crippen molar-refractivity contribution in [3.8, 4) is 16.3 Å². The Kier molecular flexibility index (Phi) is 3.65. The summed E-state index contributed by atoms with van der Waals surface area (Å²) in [5.74, 6) is 0.752. The predicted molar refractivity (Wildman–Crippen MR) is 109 cm³/mol. The lowest BCUT2D eigenvalue weighted by Crippen LogP contribution is -2.15. The molecule has 2 heterocycles. The molecule has 5 rings (SSSR count). The van der Waals surface area contributed by atoms with Crippen molar-refractivity contribution in [3.63, 3.8) is 0 Å². The number of fused-ring (bicyclic) bond motifs is 3. The molecular formula is C21H15N3O2S. The van der Waals surface area contributed by atoms with Crippen molar-refractivity contribution in [1.82, 2.24) is 14.6 Å². The normalized spacial score (nSPS) is 11.4. The summed E-state index contributed by atoms with van der Waals surface area (Å²) in [4.78, 5) is 18.3. The van der Waals surface area contributed by atoms with Gasteiger partial charge in [-0.1, -0.05) is 47.7 Å². The van der Waals surface area contributed by atoms with E-state index in [-0.39, 0.29) is 5.56 Å². The van der Waals surface area contributed by atoms with Gasteiger partial charge in [-0.15, -0.1) is 0 Å². The standard InChI is InChI=1S/C21H15N3O2S/c1-2-26-18-10-6-5-9-15(18)19-23-24-20(25)16-11-13-7-3-4-8-14(13)12-17(16)22-21(24)27-19/h3-12H,2H2,1H3. The van der Waals surface area contributed by atoms with Crippen molar-refractivity contribution in [1.29, 1.82) is 0 Å². The van der Waals surface area contributed by atoms with Crippen LogP contribution in [-0.2, 0) is 0 Å². The fourth-order valence-electron chi connectivity index (χ4n) is 3.23. The molecule has 0 unspecified atom stereocenters. The largest absolute Gasteiger partial charge is 0.493 e. The summed E-state index contributed by atoms with van der Waals surface area (Å²) < 4.78 is 7.09. The topological polar surface area (TPSA) is 56.5 Å². The molecule has 0 atom stereocenters. The third-order valence-electron chi connectivity index (χ3n) is 4.48. The van der Waals surface area contributed by atoms with E-state index in [1.165, 1.54) is 15.9 Å². The average molecular weight is 373 g/mol. The maximum absolute atomic E-state index is 13.0. The van der Waals surface area contributed by atoms with E-state index in [1.54, 1.807) is 0 Å². The molecule has 0 aliphatic carbocycles. The molecule has 6 heteroatoms. The van der Waals surface area contributed by atoms with Gasteiger partial charge in [-0.3, -0.25) is 4.79 Å². The van der Waals surface area contributed by atoms with Gasteiger partial charge in [0.15, 0.2) is 5.01 Å². The van der Waals surface area contributed by atoms with Crippen LogP contribution in [0.3, 0.4) is 0 Å². The van der Waals surface area contributed by atoms with Gasteiger partial charge in [0.2, 0.25) is 4.96 Å². The summed E-state index contributed by atoms with van der Waals surface area (Å²) in [6.07, 6.45) is 0. The Hall–Kier alpha value is -3.25. The number of hydrogen-bond acceptors (Lipinski definition) is 5. The number of nitrogens with zero attached hydrogens (tertiary/aromatic N) is 3. The fourth-order valence-corrected chi connectivity index (χ4v) is 4.16. The lowest BCUT2D eigenvalue weighted by molar-refractivity contribution is 0.341. The quantitative estimate of drug-likeness (QED) is 0.436. The summed E-state index contributed by atoms with van der Waals surface area (Å²) in [7, 11) is 0. The number of rotatable bonds is 3. The van der Waals surface area contributed by atoms with Crippen molar-refractivity contribution in [2.45, 2.75) is 6.92 Å². The van der Waals surface area contributed by atoms with Crippen LogP contribution in [0.5, 0.6) is 5.75 Å². The van der Waals surface area contributed by atoms with E-state index in [1.807, 2.05) is 67.6 Å². The molecule has 5 aromatic rings. The molecule has 0 bridgehead atoms. The smallest absolute Gasteiger partial charge is 0.283 e. The first-order chi connectivity index (χ1) is 13.2. The highest BCUT2D eigenvalue weighted by molar-refractivity contribution is 7.19. The second-order valence-electron chi connectivity index (χ2n) is 6.16. The van der Waals surface area contributed by atoms with Crippen LogP contribution in [0.1, 0.15) is 6.92 Å². The van der Waals surface area contributed by atoms with Crippen molar-refractivity contribution < 1.29 is 4.74 Å². The minimum atomic E-state index is -0.155. The van der Waals surface area contributed by atoms with Gasteiger partial charge in [0.1, 0.15) is 5.75 Å². The second kappa shape index (κ2) is 6.17. The summed E-state index contributed by atoms with van der Waals surface area (Å²) in [6, 6.07) is 19.5. The van der Waals surface area contributed by atoms with Crippen LogP contribution in [0.2, 0.25) is 0 Å². The second-order valence-corrected chi connectivity index (χ2v) is 7.12. The first kappa shape index (κ1) is 16.0. The van der Waals surface area contributed by atoms with Crippen LogP contribution in [0.4, 0.5) is 0 Å². The predicted octanol–water partition coefficient (Wildman–Crippen LogP) is 4.52. The zero-order chi connectivity index (χ0) is 18.4. The molecular weight excluding hydrogens is 358 g/mol. The molecule has 0 radical (unpaired) electrons. The highest BCUT2D eigenvalue weighted by Crippen LogP contribution is 2.33. The SMILES string of the molecule is CCOc1ccccc1-c1nn2c(=O)c3cc4ccccc4cc3nc2s1. The summed E-state index contributed by atoms with van der Waals surface area (Å²) in [5.41, 5.74) is 1.40. The van der Waals surface area contributed by atoms with Crippen molar-refractivity contribution >= 4 is 38.0 Å². The molecule has 0 saturated carbocycles. The Balaban J connectivity index is 1.79. The molecule has 0 aliphatic rings. The van der Waals surface area contributed by atoms with E-state index in [4.69, 9.17) is 4.74 Å². The minimum Gasteiger partial charge on any atom is -0.493 e. The third-order valence-corrected chi connectivity index (χ3v) is 5.42. The molecule has 132 valence electrons. The molecule has 0 aliphatic heterocycles. The van der Waals surface area contributed by atoms with Crippen LogP contribution >= 0.6 is 11.3 Å². The van der Waals surface area contributed by atoms with Crippen LogP contribution in [0, 0.1) is 0 Å². The molecule has 27 heavy (non-hydrogen) atoms. The lowest BCUT2D eigenvalue weighted by Gasteiger charge is -2.06. The minimum absolute atomic E-state index is 0.155. The summed E-state index contributed by atoms with van der Waals surface area (Å²) >= 11 is 1.39. The Morgan fingerprint density at radius 1 is 1.04 bits per heavy atom. The van der Waals surface area contributed by atoms with Crippen LogP contribution in [-0.4, -0.2) is 21.2 Å². The van der Waals surface area contributed by atoms with Gasteiger partial charge < -0.3 is 4.74 Å². The molecule has 0 N–H and O–H groups in total. The Morgan fingerprint density at radius 2 is 1.78 bits per heavy atom. The van der Waals surface area contributed by atoms with Gasteiger partial charge in [0.25, 0.3) is 5.56 Å². The third kappa shape index (κ3) is 2.57. The lowest BCUT2D eigenvalue weighted by atomic mass is 10.1. The summed E-state index contributed by atoms with van der Waals surface area (Å²) in [5, 5.41) is 7.90.